The van der Waals surface area contributed by atoms with Crippen molar-refractivity contribution in [3.8, 4) is 5.75 Å². The highest BCUT2D eigenvalue weighted by atomic mass is 16.5. The lowest BCUT2D eigenvalue weighted by molar-refractivity contribution is -0.135. The van der Waals surface area contributed by atoms with Gasteiger partial charge in [-0.15, -0.1) is 0 Å². The zero-order valence-electron chi connectivity index (χ0n) is 32.5. The van der Waals surface area contributed by atoms with Crippen LogP contribution in [0.3, 0.4) is 0 Å². The highest BCUT2D eigenvalue weighted by molar-refractivity contribution is 5.99. The molecule has 1 fully saturated rings. The number of benzene rings is 2. The Morgan fingerprint density at radius 2 is 1.64 bits per heavy atom. The third kappa shape index (κ3) is 10.8. The molecule has 294 valence electrons. The number of hydrogen-bond donors (Lipinski definition) is 5. The van der Waals surface area contributed by atoms with Crippen LogP contribution in [0.25, 0.3) is 0 Å². The predicted molar refractivity (Wildman–Crippen MR) is 205 cm³/mol. The van der Waals surface area contributed by atoms with Gasteiger partial charge in [0.1, 0.15) is 36.0 Å². The Kier molecular flexibility index (Phi) is 13.1. The van der Waals surface area contributed by atoms with Crippen LogP contribution in [0.2, 0.25) is 0 Å². The number of aromatic nitrogens is 2. The van der Waals surface area contributed by atoms with Gasteiger partial charge in [0.2, 0.25) is 29.5 Å². The molecule has 5 amide bonds. The monoisotopic (exact) mass is 755 g/mol. The third-order valence-electron chi connectivity index (χ3n) is 10.1. The minimum Gasteiger partial charge on any atom is -0.491 e. The second kappa shape index (κ2) is 17.7. The maximum atomic E-state index is 13.8. The van der Waals surface area contributed by atoms with Gasteiger partial charge in [0.05, 0.1) is 17.3 Å². The van der Waals surface area contributed by atoms with E-state index in [1.54, 1.807) is 42.8 Å². The summed E-state index contributed by atoms with van der Waals surface area (Å²) < 4.78 is 7.75. The molecule has 2 bridgehead atoms. The highest BCUT2D eigenvalue weighted by Gasteiger charge is 2.52. The van der Waals surface area contributed by atoms with Crippen molar-refractivity contribution in [2.75, 3.05) is 6.61 Å². The molecule has 5 N–H and O–H groups in total. The van der Waals surface area contributed by atoms with Gasteiger partial charge in [-0.05, 0) is 76.1 Å². The maximum Gasteiger partial charge on any atom is 0.246 e. The summed E-state index contributed by atoms with van der Waals surface area (Å²) >= 11 is 0. The number of nitrogens with zero attached hydrogens (tertiary/aromatic N) is 2. The number of ketones is 1. The van der Waals surface area contributed by atoms with Crippen LogP contribution in [-0.4, -0.2) is 81.4 Å². The molecule has 0 unspecified atom stereocenters. The van der Waals surface area contributed by atoms with Crippen LogP contribution in [0.5, 0.6) is 5.75 Å². The summed E-state index contributed by atoms with van der Waals surface area (Å²) in [5.74, 6) is -1.73. The molecule has 1 aliphatic carbocycles. The predicted octanol–water partition coefficient (Wildman–Crippen LogP) is 2.62. The first kappa shape index (κ1) is 40.7. The fourth-order valence-electron chi connectivity index (χ4n) is 6.91. The van der Waals surface area contributed by atoms with E-state index in [1.807, 2.05) is 30.3 Å². The second-order valence-electron chi connectivity index (χ2n) is 15.2. The third-order valence-corrected chi connectivity index (χ3v) is 10.1. The molecule has 1 spiro atoms. The van der Waals surface area contributed by atoms with Gasteiger partial charge in [-0.3, -0.25) is 33.4 Å². The molecule has 14 nitrogen and oxygen atoms in total. The summed E-state index contributed by atoms with van der Waals surface area (Å²) in [5, 5.41) is 18.8. The van der Waals surface area contributed by atoms with Gasteiger partial charge >= 0.3 is 0 Å². The maximum absolute atomic E-state index is 13.8. The highest BCUT2D eigenvalue weighted by Crippen LogP contribution is 2.36. The van der Waals surface area contributed by atoms with E-state index in [0.717, 1.165) is 11.1 Å². The fraction of sp³-hybridized carbons (Fsp3) is 0.488. The molecule has 3 heterocycles. The summed E-state index contributed by atoms with van der Waals surface area (Å²) in [7, 11) is 0. The Balaban J connectivity index is 1.37. The second-order valence-corrected chi connectivity index (χ2v) is 15.2. The van der Waals surface area contributed by atoms with E-state index in [-0.39, 0.29) is 56.1 Å². The lowest BCUT2D eigenvalue weighted by atomic mass is 10.0. The number of nitrogens with one attached hydrogen (secondary N) is 5. The normalized spacial score (nSPS) is 21.9. The number of carbonyl (C=O) groups excluding carboxylic acids is 6. The average molecular weight is 756 g/mol. The molecule has 1 saturated carbocycles. The molecule has 3 aliphatic rings. The number of aryl methyl sites for hydroxylation is 2. The van der Waals surface area contributed by atoms with Crippen LogP contribution in [0.4, 0.5) is 0 Å². The van der Waals surface area contributed by atoms with E-state index in [9.17, 15) is 28.8 Å². The summed E-state index contributed by atoms with van der Waals surface area (Å²) in [6.07, 6.45) is 1.70. The zero-order chi connectivity index (χ0) is 39.9. The van der Waals surface area contributed by atoms with Crippen LogP contribution in [0.1, 0.15) is 86.3 Å². The minimum atomic E-state index is -1.23. The Hall–Kier alpha value is -5.53. The summed E-state index contributed by atoms with van der Waals surface area (Å²) in [4.78, 5) is 80.2. The molecule has 55 heavy (non-hydrogen) atoms. The number of amides is 5. The van der Waals surface area contributed by atoms with E-state index < -0.39 is 47.3 Å². The van der Waals surface area contributed by atoms with Gasteiger partial charge in [-0.1, -0.05) is 56.3 Å². The lowest BCUT2D eigenvalue weighted by Gasteiger charge is -2.27. The molecule has 4 atom stereocenters. The number of fused-ring (bicyclic) bond motifs is 15. The van der Waals surface area contributed by atoms with Gasteiger partial charge in [-0.2, -0.15) is 5.10 Å². The Morgan fingerprint density at radius 1 is 0.945 bits per heavy atom. The van der Waals surface area contributed by atoms with Crippen molar-refractivity contribution in [1.82, 2.24) is 36.4 Å². The van der Waals surface area contributed by atoms with Crippen LogP contribution < -0.4 is 31.3 Å². The lowest BCUT2D eigenvalue weighted by Crippen LogP contribution is -2.59. The number of hydrogen-bond acceptors (Lipinski definition) is 8. The first-order valence-electron chi connectivity index (χ1n) is 19.0. The first-order valence-corrected chi connectivity index (χ1v) is 19.0. The molecule has 0 radical (unpaired) electrons. The zero-order valence-corrected chi connectivity index (χ0v) is 32.5. The topological polar surface area (TPSA) is 190 Å². The van der Waals surface area contributed by atoms with Crippen LogP contribution in [0, 0.1) is 19.8 Å². The van der Waals surface area contributed by atoms with Crippen LogP contribution in [-0.2, 0) is 43.4 Å². The van der Waals surface area contributed by atoms with Crippen molar-refractivity contribution in [2.24, 2.45) is 5.92 Å². The van der Waals surface area contributed by atoms with Crippen molar-refractivity contribution in [3.63, 3.8) is 0 Å². The number of rotatable bonds is 9. The van der Waals surface area contributed by atoms with Gasteiger partial charge in [0, 0.05) is 31.5 Å². The Bertz CT molecular complexity index is 1890. The Labute approximate surface area is 321 Å². The molecular formula is C41H53N7O7. The molecule has 2 aromatic carbocycles. The molecule has 6 rings (SSSR count). The average Bonchev–Trinajstić information content (AvgIpc) is 3.86. The molecule has 3 aromatic rings. The SMILES string of the molecule is CC(=O)c1c(C)nn(CCC(=O)N[C@H]2Cc3ccc(cc3)OC[C@H](CC(C)C)NC(=O)[C@@H](Cc3ccccc3)NC(=O)C3(CC3)NC(=O)[C@@H](C)NC2=O)c1C. The number of carbonyl (C=O) groups is 6. The van der Waals surface area contributed by atoms with Crippen LogP contribution >= 0.6 is 0 Å². The summed E-state index contributed by atoms with van der Waals surface area (Å²) in [6.45, 7) is 11.0. The molecule has 14 heteroatoms. The van der Waals surface area contributed by atoms with Crippen LogP contribution in [0.15, 0.2) is 54.6 Å². The van der Waals surface area contributed by atoms with Crippen molar-refractivity contribution in [2.45, 2.75) is 116 Å². The van der Waals surface area contributed by atoms with E-state index in [2.05, 4.69) is 45.5 Å². The van der Waals surface area contributed by atoms with E-state index in [4.69, 9.17) is 4.74 Å². The Morgan fingerprint density at radius 3 is 2.25 bits per heavy atom. The number of ether oxygens (including phenoxy) is 1. The first-order chi connectivity index (χ1) is 26.1. The number of Topliss-reactive ketones (excluding diaryl/α,β-unsaturated/α-hetero) is 1. The molecule has 0 saturated heterocycles. The molecular weight excluding hydrogens is 702 g/mol. The minimum absolute atomic E-state index is 0.0110. The largest absolute Gasteiger partial charge is 0.491 e. The van der Waals surface area contributed by atoms with Gasteiger partial charge < -0.3 is 31.3 Å². The summed E-state index contributed by atoms with van der Waals surface area (Å²) in [6, 6.07) is 13.1. The fourth-order valence-corrected chi connectivity index (χ4v) is 6.91. The van der Waals surface area contributed by atoms with Crippen molar-refractivity contribution in [1.29, 1.82) is 0 Å². The van der Waals surface area contributed by atoms with Crippen molar-refractivity contribution in [3.05, 3.63) is 82.7 Å². The van der Waals surface area contributed by atoms with E-state index in [1.165, 1.54) is 13.8 Å². The van der Waals surface area contributed by atoms with Crippen molar-refractivity contribution < 1.29 is 33.5 Å². The quantitative estimate of drug-likeness (QED) is 0.163. The molecule has 2 aliphatic heterocycles. The van der Waals surface area contributed by atoms with E-state index in [0.29, 0.717) is 42.0 Å². The smallest absolute Gasteiger partial charge is 0.246 e. The van der Waals surface area contributed by atoms with Crippen molar-refractivity contribution >= 4 is 35.3 Å². The van der Waals surface area contributed by atoms with Gasteiger partial charge in [-0.25, -0.2) is 0 Å². The summed E-state index contributed by atoms with van der Waals surface area (Å²) in [5.41, 5.74) is 2.12. The van der Waals surface area contributed by atoms with Gasteiger partial charge in [0.25, 0.3) is 0 Å². The van der Waals surface area contributed by atoms with Gasteiger partial charge in [0.15, 0.2) is 5.78 Å². The molecule has 1 aromatic heterocycles. The standard InChI is InChI=1S/C41H53N7O7/c1-24(2)20-31-23-55-32-14-12-30(13-15-32)22-33(44-35(50)16-19-48-27(5)36(28(6)49)25(3)47-48)38(52)42-26(4)37(51)46-41(17-18-41)40(54)45-34(39(53)43-31)21-29-10-8-7-9-11-29/h7-15,24,26,31,33-34H,16-23H2,1-6H3,(H,42,52)(H,43,53)(H,44,50)(H,45,54)(H,46,51)/t26-,31+,33+,34-/m1/s1. The van der Waals surface area contributed by atoms with E-state index >= 15 is 0 Å².